The van der Waals surface area contributed by atoms with Gasteiger partial charge in [-0.3, -0.25) is 0 Å². The Balaban J connectivity index is 3.07. The first kappa shape index (κ1) is 18.1. The molecule has 0 amide bonds. The molecule has 0 radical (unpaired) electrons. The molecule has 6 nitrogen and oxygen atoms in total. The van der Waals surface area contributed by atoms with Gasteiger partial charge >= 0.3 is 0 Å². The van der Waals surface area contributed by atoms with Crippen molar-refractivity contribution in [3.05, 3.63) is 12.5 Å². The fourth-order valence-electron chi connectivity index (χ4n) is 1.93. The maximum Gasteiger partial charge on any atom is 0.262 e. The quantitative estimate of drug-likeness (QED) is 0.833. The molecule has 1 N–H and O–H groups in total. The summed E-state index contributed by atoms with van der Waals surface area (Å²) in [5.74, 6) is 0. The second-order valence-corrected chi connectivity index (χ2v) is 8.61. The van der Waals surface area contributed by atoms with Crippen molar-refractivity contribution in [2.24, 2.45) is 5.41 Å². The topological polar surface area (TPSA) is 75.4 Å². The van der Waals surface area contributed by atoms with Gasteiger partial charge in [-0.2, -0.15) is 4.31 Å². The Labute approximate surface area is 127 Å². The SMILES string of the molecule is CC(C)n1cnc(S(=O)(=O)N(CCCO)CC(C)(C)C)c1. The summed E-state index contributed by atoms with van der Waals surface area (Å²) in [4.78, 5) is 4.04. The first-order valence-electron chi connectivity index (χ1n) is 7.22. The van der Waals surface area contributed by atoms with E-state index in [1.165, 1.54) is 4.31 Å². The average Bonchev–Trinajstić information content (AvgIpc) is 2.83. The van der Waals surface area contributed by atoms with Crippen molar-refractivity contribution in [2.45, 2.75) is 52.1 Å². The highest BCUT2D eigenvalue weighted by Crippen LogP contribution is 2.22. The lowest BCUT2D eigenvalue weighted by atomic mass is 9.97. The summed E-state index contributed by atoms with van der Waals surface area (Å²) >= 11 is 0. The molecule has 0 bridgehead atoms. The van der Waals surface area contributed by atoms with Crippen molar-refractivity contribution < 1.29 is 13.5 Å². The van der Waals surface area contributed by atoms with E-state index in [-0.39, 0.29) is 23.1 Å². The van der Waals surface area contributed by atoms with E-state index < -0.39 is 10.0 Å². The molecule has 0 atom stereocenters. The fourth-order valence-corrected chi connectivity index (χ4v) is 3.55. The lowest BCUT2D eigenvalue weighted by molar-refractivity contribution is 0.240. The van der Waals surface area contributed by atoms with Gasteiger partial charge in [0.1, 0.15) is 0 Å². The molecule has 0 unspecified atom stereocenters. The number of hydrogen-bond acceptors (Lipinski definition) is 4. The molecule has 122 valence electrons. The normalized spacial score (nSPS) is 13.3. The Morgan fingerprint density at radius 3 is 2.43 bits per heavy atom. The van der Waals surface area contributed by atoms with Crippen LogP contribution >= 0.6 is 0 Å². The predicted octanol–water partition coefficient (Wildman–Crippen LogP) is 1.88. The first-order chi connectivity index (χ1) is 9.58. The van der Waals surface area contributed by atoms with Gasteiger partial charge in [-0.1, -0.05) is 20.8 Å². The number of imidazole rings is 1. The summed E-state index contributed by atoms with van der Waals surface area (Å²) < 4.78 is 28.6. The third-order valence-electron chi connectivity index (χ3n) is 2.99. The van der Waals surface area contributed by atoms with Gasteiger partial charge in [0.05, 0.1) is 6.33 Å². The zero-order valence-electron chi connectivity index (χ0n) is 13.6. The standard InChI is InChI=1S/C14H27N3O3S/c1-12(2)16-9-13(15-11-16)21(19,20)17(7-6-8-18)10-14(3,4)5/h9,11-12,18H,6-8,10H2,1-5H3. The second-order valence-electron chi connectivity index (χ2n) is 6.73. The van der Waals surface area contributed by atoms with Crippen LogP contribution in [0, 0.1) is 5.41 Å². The van der Waals surface area contributed by atoms with Gasteiger partial charge in [-0.15, -0.1) is 0 Å². The molecule has 1 heterocycles. The minimum absolute atomic E-state index is 0.0312. The monoisotopic (exact) mass is 317 g/mol. The molecule has 0 aliphatic heterocycles. The molecule has 1 aromatic rings. The number of aromatic nitrogens is 2. The summed E-state index contributed by atoms with van der Waals surface area (Å²) in [5, 5.41) is 9.05. The largest absolute Gasteiger partial charge is 0.396 e. The van der Waals surface area contributed by atoms with Crippen molar-refractivity contribution in [1.82, 2.24) is 13.9 Å². The fraction of sp³-hybridized carbons (Fsp3) is 0.786. The Kier molecular flexibility index (Phi) is 5.95. The van der Waals surface area contributed by atoms with Crippen LogP contribution in [0.25, 0.3) is 0 Å². The molecule has 0 saturated carbocycles. The molecular weight excluding hydrogens is 290 g/mol. The van der Waals surface area contributed by atoms with Gasteiger partial charge < -0.3 is 9.67 Å². The zero-order chi connectivity index (χ0) is 16.3. The number of rotatable bonds is 7. The van der Waals surface area contributed by atoms with Gasteiger partial charge in [0, 0.05) is 31.9 Å². The van der Waals surface area contributed by atoms with Crippen molar-refractivity contribution in [3.8, 4) is 0 Å². The molecule has 0 aliphatic carbocycles. The van der Waals surface area contributed by atoms with Crippen molar-refractivity contribution in [2.75, 3.05) is 19.7 Å². The van der Waals surface area contributed by atoms with Crippen molar-refractivity contribution >= 4 is 10.0 Å². The molecule has 0 fully saturated rings. The highest BCUT2D eigenvalue weighted by atomic mass is 32.2. The van der Waals surface area contributed by atoms with Crippen LogP contribution in [0.15, 0.2) is 17.6 Å². The lowest BCUT2D eigenvalue weighted by Gasteiger charge is -2.28. The highest BCUT2D eigenvalue weighted by Gasteiger charge is 2.30. The van der Waals surface area contributed by atoms with Gasteiger partial charge in [-0.25, -0.2) is 13.4 Å². The van der Waals surface area contributed by atoms with E-state index >= 15 is 0 Å². The van der Waals surface area contributed by atoms with E-state index in [1.54, 1.807) is 17.1 Å². The summed E-state index contributed by atoms with van der Waals surface area (Å²) in [6.45, 7) is 10.6. The molecule has 0 spiro atoms. The number of aliphatic hydroxyl groups is 1. The molecular formula is C14H27N3O3S. The highest BCUT2D eigenvalue weighted by molar-refractivity contribution is 7.89. The molecule has 21 heavy (non-hydrogen) atoms. The van der Waals surface area contributed by atoms with Crippen LogP contribution in [0.4, 0.5) is 0 Å². The van der Waals surface area contributed by atoms with E-state index in [0.29, 0.717) is 19.5 Å². The summed E-state index contributed by atoms with van der Waals surface area (Å²) in [6, 6.07) is 0.162. The van der Waals surface area contributed by atoms with Crippen molar-refractivity contribution in [1.29, 1.82) is 0 Å². The number of aliphatic hydroxyl groups excluding tert-OH is 1. The predicted molar refractivity (Wildman–Crippen MR) is 82.5 cm³/mol. The average molecular weight is 317 g/mol. The van der Waals surface area contributed by atoms with Crippen LogP contribution in [0.5, 0.6) is 0 Å². The Morgan fingerprint density at radius 1 is 1.38 bits per heavy atom. The minimum Gasteiger partial charge on any atom is -0.396 e. The van der Waals surface area contributed by atoms with E-state index in [4.69, 9.17) is 5.11 Å². The zero-order valence-corrected chi connectivity index (χ0v) is 14.4. The van der Waals surface area contributed by atoms with Gasteiger partial charge in [-0.05, 0) is 25.7 Å². The molecule has 1 rings (SSSR count). The van der Waals surface area contributed by atoms with Gasteiger partial charge in [0.2, 0.25) is 0 Å². The third kappa shape index (κ3) is 5.09. The second kappa shape index (κ2) is 6.89. The van der Waals surface area contributed by atoms with Crippen LogP contribution in [0.2, 0.25) is 0 Å². The summed E-state index contributed by atoms with van der Waals surface area (Å²) in [7, 11) is -3.63. The van der Waals surface area contributed by atoms with Crippen LogP contribution in [-0.4, -0.2) is 47.1 Å². The van der Waals surface area contributed by atoms with Gasteiger partial charge in [0.15, 0.2) is 5.03 Å². The van der Waals surface area contributed by atoms with Crippen LogP contribution in [0.1, 0.15) is 47.1 Å². The van der Waals surface area contributed by atoms with Gasteiger partial charge in [0.25, 0.3) is 10.0 Å². The Morgan fingerprint density at radius 2 is 2.00 bits per heavy atom. The number of sulfonamides is 1. The van der Waals surface area contributed by atoms with E-state index in [9.17, 15) is 8.42 Å². The lowest BCUT2D eigenvalue weighted by Crippen LogP contribution is -2.38. The van der Waals surface area contributed by atoms with E-state index in [1.807, 2.05) is 34.6 Å². The maximum atomic E-state index is 12.7. The smallest absolute Gasteiger partial charge is 0.262 e. The third-order valence-corrected chi connectivity index (χ3v) is 4.73. The summed E-state index contributed by atoms with van der Waals surface area (Å²) in [5.41, 5.74) is -0.164. The van der Waals surface area contributed by atoms with Crippen LogP contribution < -0.4 is 0 Å². The first-order valence-corrected chi connectivity index (χ1v) is 8.66. The van der Waals surface area contributed by atoms with Crippen LogP contribution in [0.3, 0.4) is 0 Å². The Hall–Kier alpha value is -0.920. The van der Waals surface area contributed by atoms with Crippen LogP contribution in [-0.2, 0) is 10.0 Å². The number of hydrogen-bond donors (Lipinski definition) is 1. The summed E-state index contributed by atoms with van der Waals surface area (Å²) in [6.07, 6.45) is 3.52. The van der Waals surface area contributed by atoms with E-state index in [0.717, 1.165) is 0 Å². The maximum absolute atomic E-state index is 12.7. The molecule has 0 aliphatic rings. The molecule has 0 saturated heterocycles. The molecule has 0 aromatic carbocycles. The minimum atomic E-state index is -3.63. The Bertz CT molecular complexity index is 544. The molecule has 7 heteroatoms. The number of nitrogens with zero attached hydrogens (tertiary/aromatic N) is 3. The van der Waals surface area contributed by atoms with Crippen molar-refractivity contribution in [3.63, 3.8) is 0 Å². The molecule has 1 aromatic heterocycles. The van der Waals surface area contributed by atoms with E-state index in [2.05, 4.69) is 4.98 Å².